The standard InChI is InChI=1S/C54H67F4N7O9/c1-30-26-36(44(67)62-41-25-21-37(28-52(41,8)9)46(69)73-50(2,3)4)20-24-39(30)33-14-10-31(11-15-33)27-40(61-43(66)35-16-12-32(13-17-35)29-59-49(72)74-51(5,6)7)45(68)60-38-22-18-34(19-23-38)42-63-47(65-64-42)53(55,56)54(57,58)48(70)71/h10-11,14-15,18-20,22-24,26,32,35,37,40-41H,12-13,16-17,21,25,27-29H2,1-9H3,(H,59,72)(H,60,68)(H,61,66)(H,62,67)(H,70,71)(H,63,64,65)/t32-,35-,37?,40-,41?/m0/s1. The van der Waals surface area contributed by atoms with E-state index in [1.165, 1.54) is 24.3 Å². The molecule has 0 radical (unpaired) electrons. The molecule has 0 spiro atoms. The number of rotatable bonds is 16. The first-order chi connectivity index (χ1) is 34.4. The molecule has 6 rings (SSSR count). The number of carbonyl (C=O) groups excluding carboxylic acids is 5. The van der Waals surface area contributed by atoms with Gasteiger partial charge in [0, 0.05) is 41.7 Å². The minimum absolute atomic E-state index is 0.0786. The van der Waals surface area contributed by atoms with Crippen LogP contribution in [0.2, 0.25) is 0 Å². The molecule has 400 valence electrons. The average Bonchev–Trinajstić information content (AvgIpc) is 3.82. The first-order valence-corrected chi connectivity index (χ1v) is 24.8. The topological polar surface area (TPSA) is 231 Å². The highest BCUT2D eigenvalue weighted by Gasteiger charge is 2.65. The number of aromatic amines is 1. The number of aliphatic carboxylic acids is 1. The molecule has 20 heteroatoms. The van der Waals surface area contributed by atoms with Gasteiger partial charge in [-0.2, -0.15) is 17.6 Å². The van der Waals surface area contributed by atoms with Crippen LogP contribution in [-0.4, -0.2) is 91.8 Å². The number of carbonyl (C=O) groups is 6. The Hall–Kier alpha value is -6.86. The van der Waals surface area contributed by atoms with Crippen molar-refractivity contribution in [3.05, 3.63) is 89.2 Å². The summed E-state index contributed by atoms with van der Waals surface area (Å²) in [6.45, 7) is 17.3. The van der Waals surface area contributed by atoms with Crippen LogP contribution in [0.4, 0.5) is 28.0 Å². The summed E-state index contributed by atoms with van der Waals surface area (Å²) in [6.07, 6.45) is 3.76. The third-order valence-electron chi connectivity index (χ3n) is 13.4. The Kier molecular flexibility index (Phi) is 17.0. The van der Waals surface area contributed by atoms with Gasteiger partial charge in [0.2, 0.25) is 17.6 Å². The van der Waals surface area contributed by atoms with Crippen LogP contribution in [0, 0.1) is 30.1 Å². The van der Waals surface area contributed by atoms with E-state index in [1.54, 1.807) is 26.8 Å². The largest absolute Gasteiger partial charge is 0.477 e. The maximum atomic E-state index is 14.4. The highest BCUT2D eigenvalue weighted by molar-refractivity contribution is 5.98. The van der Waals surface area contributed by atoms with E-state index in [2.05, 4.69) is 45.3 Å². The number of nitrogens with zero attached hydrogens (tertiary/aromatic N) is 2. The predicted octanol–water partition coefficient (Wildman–Crippen LogP) is 9.52. The maximum absolute atomic E-state index is 14.4. The summed E-state index contributed by atoms with van der Waals surface area (Å²) in [5.41, 5.74) is 2.55. The smallest absolute Gasteiger partial charge is 0.411 e. The molecule has 0 aliphatic heterocycles. The number of alkyl carbamates (subject to hydrolysis) is 1. The lowest BCUT2D eigenvalue weighted by Gasteiger charge is -2.42. The zero-order chi connectivity index (χ0) is 54.6. The van der Waals surface area contributed by atoms with Crippen molar-refractivity contribution in [2.45, 2.75) is 149 Å². The molecule has 2 unspecified atom stereocenters. The molecule has 2 aliphatic rings. The Morgan fingerprint density at radius 1 is 0.784 bits per heavy atom. The van der Waals surface area contributed by atoms with E-state index in [4.69, 9.17) is 14.6 Å². The first-order valence-electron chi connectivity index (χ1n) is 24.8. The normalized spacial score (nSPS) is 19.6. The number of nitrogens with one attached hydrogen (secondary N) is 5. The molecule has 74 heavy (non-hydrogen) atoms. The Balaban J connectivity index is 1.13. The van der Waals surface area contributed by atoms with Crippen molar-refractivity contribution in [3.8, 4) is 22.5 Å². The molecular weight excluding hydrogens is 967 g/mol. The van der Waals surface area contributed by atoms with Crippen molar-refractivity contribution in [2.24, 2.45) is 23.2 Å². The molecule has 0 saturated heterocycles. The highest BCUT2D eigenvalue weighted by Crippen LogP contribution is 2.43. The molecule has 4 aromatic rings. The highest BCUT2D eigenvalue weighted by atomic mass is 19.3. The average molecular weight is 1030 g/mol. The van der Waals surface area contributed by atoms with E-state index >= 15 is 0 Å². The van der Waals surface area contributed by atoms with Crippen LogP contribution in [0.5, 0.6) is 0 Å². The quantitative estimate of drug-likeness (QED) is 0.0457. The lowest BCUT2D eigenvalue weighted by atomic mass is 9.68. The molecule has 16 nitrogen and oxygen atoms in total. The number of H-pyrrole nitrogens is 1. The molecule has 0 bridgehead atoms. The van der Waals surface area contributed by atoms with Gasteiger partial charge in [0.15, 0.2) is 5.82 Å². The van der Waals surface area contributed by atoms with Crippen LogP contribution in [0.25, 0.3) is 22.5 Å². The molecule has 2 saturated carbocycles. The molecule has 2 fully saturated rings. The van der Waals surface area contributed by atoms with Gasteiger partial charge in [-0.25, -0.2) is 9.59 Å². The van der Waals surface area contributed by atoms with E-state index in [-0.39, 0.29) is 64.6 Å². The number of carboxylic acid groups (broad SMARTS) is 1. The second-order valence-corrected chi connectivity index (χ2v) is 22.2. The number of carboxylic acids is 1. The number of benzene rings is 3. The van der Waals surface area contributed by atoms with Crippen LogP contribution in [0.1, 0.15) is 128 Å². The molecule has 1 heterocycles. The summed E-state index contributed by atoms with van der Waals surface area (Å²) < 4.78 is 67.4. The minimum Gasteiger partial charge on any atom is -0.477 e. The predicted molar refractivity (Wildman–Crippen MR) is 267 cm³/mol. The maximum Gasteiger partial charge on any atom is 0.411 e. The number of anilines is 1. The molecule has 4 amide bonds. The van der Waals surface area contributed by atoms with Crippen molar-refractivity contribution >= 4 is 41.4 Å². The minimum atomic E-state index is -5.47. The monoisotopic (exact) mass is 1030 g/mol. The lowest BCUT2D eigenvalue weighted by molar-refractivity contribution is -0.231. The lowest BCUT2D eigenvalue weighted by Crippen LogP contribution is -2.50. The second kappa shape index (κ2) is 22.3. The fourth-order valence-electron chi connectivity index (χ4n) is 9.34. The van der Waals surface area contributed by atoms with Crippen molar-refractivity contribution in [1.82, 2.24) is 31.1 Å². The number of esters is 1. The molecule has 1 aromatic heterocycles. The first kappa shape index (κ1) is 56.4. The van der Waals surface area contributed by atoms with Crippen molar-refractivity contribution in [3.63, 3.8) is 0 Å². The third kappa shape index (κ3) is 14.2. The Morgan fingerprint density at radius 2 is 1.39 bits per heavy atom. The Bertz CT molecular complexity index is 2690. The van der Waals surface area contributed by atoms with Crippen LogP contribution in [0.15, 0.2) is 66.7 Å². The van der Waals surface area contributed by atoms with Gasteiger partial charge in [-0.3, -0.25) is 19.2 Å². The van der Waals surface area contributed by atoms with Crippen LogP contribution < -0.4 is 21.3 Å². The van der Waals surface area contributed by atoms with Crippen molar-refractivity contribution < 1.29 is 60.9 Å². The van der Waals surface area contributed by atoms with Gasteiger partial charge in [-0.05, 0) is 163 Å². The van der Waals surface area contributed by atoms with Crippen molar-refractivity contribution in [2.75, 3.05) is 11.9 Å². The van der Waals surface area contributed by atoms with Crippen molar-refractivity contribution in [1.29, 1.82) is 0 Å². The fraction of sp³-hybridized carbons (Fsp3) is 0.519. The van der Waals surface area contributed by atoms with E-state index in [0.29, 0.717) is 62.6 Å². The fourth-order valence-corrected chi connectivity index (χ4v) is 9.34. The van der Waals surface area contributed by atoms with Crippen LogP contribution in [0.3, 0.4) is 0 Å². The van der Waals surface area contributed by atoms with Gasteiger partial charge < -0.3 is 40.8 Å². The third-order valence-corrected chi connectivity index (χ3v) is 13.4. The van der Waals surface area contributed by atoms with E-state index in [0.717, 1.165) is 16.7 Å². The van der Waals surface area contributed by atoms with E-state index < -0.39 is 58.8 Å². The zero-order valence-electron chi connectivity index (χ0n) is 43.2. The summed E-state index contributed by atoms with van der Waals surface area (Å²) in [6, 6.07) is 17.2. The van der Waals surface area contributed by atoms with Gasteiger partial charge in [0.25, 0.3) is 5.91 Å². The second-order valence-electron chi connectivity index (χ2n) is 22.2. The van der Waals surface area contributed by atoms with Crippen LogP contribution in [-0.2, 0) is 41.0 Å². The number of aryl methyl sites for hydroxylation is 1. The summed E-state index contributed by atoms with van der Waals surface area (Å²) in [4.78, 5) is 79.4. The molecule has 6 N–H and O–H groups in total. The number of alkyl halides is 4. The SMILES string of the molecule is Cc1cc(C(=O)NC2CCC(C(=O)OC(C)(C)C)CC2(C)C)ccc1-c1ccc(C[C@H](NC(=O)[C@H]2CC[C@H](CNC(=O)OC(C)(C)C)CC2)C(=O)Nc2ccc(-c3nnc(C(F)(F)C(F)(F)C(=O)O)[nH]3)cc2)cc1. The zero-order valence-corrected chi connectivity index (χ0v) is 43.2. The number of hydrogen-bond donors (Lipinski definition) is 6. The number of ether oxygens (including phenoxy) is 2. The number of halogens is 4. The Morgan fingerprint density at radius 3 is 1.97 bits per heavy atom. The summed E-state index contributed by atoms with van der Waals surface area (Å²) in [5.74, 6) is -17.6. The van der Waals surface area contributed by atoms with Gasteiger partial charge in [-0.15, -0.1) is 10.2 Å². The van der Waals surface area contributed by atoms with Gasteiger partial charge in [0.05, 0.1) is 5.92 Å². The van der Waals surface area contributed by atoms with Gasteiger partial charge in [-0.1, -0.05) is 44.2 Å². The summed E-state index contributed by atoms with van der Waals surface area (Å²) in [7, 11) is 0. The van der Waals surface area contributed by atoms with E-state index in [1.807, 2.05) is 69.1 Å². The number of aromatic nitrogens is 3. The number of amides is 4. The molecule has 3 aromatic carbocycles. The number of hydrogen-bond acceptors (Lipinski definition) is 10. The van der Waals surface area contributed by atoms with Gasteiger partial charge >= 0.3 is 29.9 Å². The van der Waals surface area contributed by atoms with Crippen LogP contribution >= 0.6 is 0 Å². The Labute approximate surface area is 427 Å². The van der Waals surface area contributed by atoms with E-state index in [9.17, 15) is 46.3 Å². The van der Waals surface area contributed by atoms with Gasteiger partial charge in [0.1, 0.15) is 17.2 Å². The summed E-state index contributed by atoms with van der Waals surface area (Å²) in [5, 5.41) is 26.9. The molecular formula is C54H67F4N7O9. The molecule has 3 atom stereocenters. The summed E-state index contributed by atoms with van der Waals surface area (Å²) >= 11 is 0. The molecule has 2 aliphatic carbocycles.